The van der Waals surface area contributed by atoms with Gasteiger partial charge in [0.25, 0.3) is 5.91 Å². The largest absolute Gasteiger partial charge is 0.468 e. The second-order valence-electron chi connectivity index (χ2n) is 7.23. The van der Waals surface area contributed by atoms with Crippen molar-refractivity contribution in [3.63, 3.8) is 0 Å². The Kier molecular flexibility index (Phi) is 8.07. The van der Waals surface area contributed by atoms with Gasteiger partial charge in [-0.15, -0.1) is 0 Å². The van der Waals surface area contributed by atoms with Gasteiger partial charge in [-0.25, -0.2) is 20.2 Å². The van der Waals surface area contributed by atoms with Crippen LogP contribution in [0, 0.1) is 5.82 Å². The minimum absolute atomic E-state index is 0.0349. The lowest BCUT2D eigenvalue weighted by Crippen LogP contribution is -2.50. The van der Waals surface area contributed by atoms with Crippen molar-refractivity contribution >= 4 is 29.4 Å². The zero-order chi connectivity index (χ0) is 24.9. The summed E-state index contributed by atoms with van der Waals surface area (Å²) in [4.78, 5) is 28.6. The average Bonchev–Trinajstić information content (AvgIpc) is 3.25. The number of rotatable bonds is 5. The van der Waals surface area contributed by atoms with E-state index in [1.807, 2.05) is 0 Å². The number of ether oxygens (including phenoxy) is 1. The Morgan fingerprint density at radius 3 is 2.50 bits per heavy atom. The molecule has 182 valence electrons. The number of benzene rings is 2. The number of hydrogen-bond donors (Lipinski definition) is 4. The van der Waals surface area contributed by atoms with Crippen molar-refractivity contribution < 1.29 is 31.9 Å². The highest BCUT2D eigenvalue weighted by atomic mass is 35.5. The van der Waals surface area contributed by atoms with Gasteiger partial charge in [0, 0.05) is 17.0 Å². The van der Waals surface area contributed by atoms with Gasteiger partial charge in [0.05, 0.1) is 25.4 Å². The zero-order valence-corrected chi connectivity index (χ0v) is 18.4. The maximum absolute atomic E-state index is 13.3. The molecule has 0 saturated carbocycles. The monoisotopic (exact) mass is 501 g/mol. The molecule has 2 aromatic carbocycles. The number of esters is 1. The number of hydrogen-bond acceptors (Lipinski definition) is 6. The molecule has 1 fully saturated rings. The van der Waals surface area contributed by atoms with Gasteiger partial charge >= 0.3 is 12.1 Å². The Bertz CT molecular complexity index is 1080. The fraction of sp³-hybridized carbons (Fsp3) is 0.286. The molecule has 1 saturated heterocycles. The van der Waals surface area contributed by atoms with Crippen LogP contribution >= 0.6 is 11.6 Å². The molecule has 2 atom stereocenters. The number of carbonyl (C=O) groups excluding carboxylic acids is 2. The normalized spacial score (nSPS) is 18.5. The van der Waals surface area contributed by atoms with Gasteiger partial charge in [0.2, 0.25) is 0 Å². The topological polar surface area (TPSA) is 104 Å². The van der Waals surface area contributed by atoms with E-state index >= 15 is 0 Å². The Balaban J connectivity index is 1.76. The smallest absolute Gasteiger partial charge is 0.416 e. The van der Waals surface area contributed by atoms with Crippen LogP contribution in [0.5, 0.6) is 0 Å². The lowest BCUT2D eigenvalue weighted by atomic mass is 10.1. The Hall–Kier alpha value is -3.22. The predicted octanol–water partition coefficient (Wildman–Crippen LogP) is 2.74. The third kappa shape index (κ3) is 6.65. The first-order chi connectivity index (χ1) is 16.1. The molecule has 1 aliphatic heterocycles. The molecule has 0 aromatic heterocycles. The fourth-order valence-electron chi connectivity index (χ4n) is 3.04. The molecule has 13 heteroatoms. The van der Waals surface area contributed by atoms with E-state index in [2.05, 4.69) is 31.2 Å². The maximum atomic E-state index is 13.3. The molecule has 0 spiro atoms. The molecule has 4 N–H and O–H groups in total. The summed E-state index contributed by atoms with van der Waals surface area (Å²) >= 11 is 6.02. The number of methoxy groups -OCH3 is 1. The van der Waals surface area contributed by atoms with E-state index in [4.69, 9.17) is 11.6 Å². The Morgan fingerprint density at radius 2 is 1.88 bits per heavy atom. The lowest BCUT2D eigenvalue weighted by molar-refractivity contribution is -0.142. The third-order valence-electron chi connectivity index (χ3n) is 4.83. The van der Waals surface area contributed by atoms with Crippen LogP contribution in [-0.4, -0.2) is 37.2 Å². The number of alkyl halides is 3. The SMILES string of the molecule is COC(=O)C1CC(NC(=NCc2ccc(F)cc2Cl)NC(=O)c2ccc(C(F)(F)F)cc2)NN1. The highest BCUT2D eigenvalue weighted by Crippen LogP contribution is 2.29. The number of hydrazine groups is 1. The molecule has 0 bridgehead atoms. The van der Waals surface area contributed by atoms with Gasteiger partial charge in [-0.1, -0.05) is 17.7 Å². The number of carbonyl (C=O) groups is 2. The van der Waals surface area contributed by atoms with Crippen LogP contribution < -0.4 is 21.5 Å². The molecule has 0 radical (unpaired) electrons. The van der Waals surface area contributed by atoms with Crippen LogP contribution in [0.15, 0.2) is 47.5 Å². The second kappa shape index (κ2) is 10.8. The first-order valence-corrected chi connectivity index (χ1v) is 10.3. The summed E-state index contributed by atoms with van der Waals surface area (Å²) in [6.45, 7) is -0.0463. The van der Waals surface area contributed by atoms with Crippen molar-refractivity contribution in [2.45, 2.75) is 31.3 Å². The van der Waals surface area contributed by atoms with E-state index in [9.17, 15) is 27.2 Å². The second-order valence-corrected chi connectivity index (χ2v) is 7.63. The summed E-state index contributed by atoms with van der Waals surface area (Å²) in [5.74, 6) is -1.79. The van der Waals surface area contributed by atoms with Crippen LogP contribution in [0.25, 0.3) is 0 Å². The van der Waals surface area contributed by atoms with Crippen LogP contribution in [0.4, 0.5) is 17.6 Å². The van der Waals surface area contributed by atoms with E-state index in [0.29, 0.717) is 5.56 Å². The van der Waals surface area contributed by atoms with Gasteiger partial charge in [-0.05, 0) is 42.0 Å². The van der Waals surface area contributed by atoms with Crippen molar-refractivity contribution in [1.82, 2.24) is 21.5 Å². The summed E-state index contributed by atoms with van der Waals surface area (Å²) in [6, 6.07) is 6.75. The molecule has 1 heterocycles. The summed E-state index contributed by atoms with van der Waals surface area (Å²) < 4.78 is 56.3. The lowest BCUT2D eigenvalue weighted by Gasteiger charge is -2.17. The first-order valence-electron chi connectivity index (χ1n) is 9.89. The van der Waals surface area contributed by atoms with Gasteiger partial charge in [0.15, 0.2) is 5.96 Å². The van der Waals surface area contributed by atoms with Crippen molar-refractivity contribution in [3.05, 3.63) is 70.0 Å². The molecular formula is C21H20ClF4N5O3. The van der Waals surface area contributed by atoms with Crippen molar-refractivity contribution in [2.24, 2.45) is 4.99 Å². The van der Waals surface area contributed by atoms with E-state index in [1.165, 1.54) is 19.2 Å². The minimum atomic E-state index is -4.53. The number of nitrogens with one attached hydrogen (secondary N) is 4. The summed E-state index contributed by atoms with van der Waals surface area (Å²) in [7, 11) is 1.24. The summed E-state index contributed by atoms with van der Waals surface area (Å²) in [5.41, 5.74) is 5.09. The quantitative estimate of drug-likeness (QED) is 0.217. The predicted molar refractivity (Wildman–Crippen MR) is 115 cm³/mol. The van der Waals surface area contributed by atoms with E-state index in [0.717, 1.165) is 30.3 Å². The fourth-order valence-corrected chi connectivity index (χ4v) is 3.26. The number of guanidine groups is 1. The average molecular weight is 502 g/mol. The van der Waals surface area contributed by atoms with Gasteiger partial charge < -0.3 is 10.1 Å². The van der Waals surface area contributed by atoms with E-state index in [-0.39, 0.29) is 29.5 Å². The molecule has 3 rings (SSSR count). The molecule has 1 amide bonds. The van der Waals surface area contributed by atoms with Crippen LogP contribution in [-0.2, 0) is 22.3 Å². The zero-order valence-electron chi connectivity index (χ0n) is 17.7. The van der Waals surface area contributed by atoms with Crippen molar-refractivity contribution in [1.29, 1.82) is 0 Å². The highest BCUT2D eigenvalue weighted by Gasteiger charge is 2.31. The van der Waals surface area contributed by atoms with Crippen LogP contribution in [0.3, 0.4) is 0 Å². The standard InChI is InChI=1S/C21H20ClF4N5O3/c1-34-19(33)16-9-17(31-30-16)28-20(27-10-12-4-7-14(23)8-15(12)22)29-18(32)11-2-5-13(6-3-11)21(24,25)26/h2-8,16-17,30-31H,9-10H2,1H3,(H2,27,28,29,32). The minimum Gasteiger partial charge on any atom is -0.468 e. The summed E-state index contributed by atoms with van der Waals surface area (Å²) in [5, 5.41) is 5.53. The van der Waals surface area contributed by atoms with Crippen LogP contribution in [0.1, 0.15) is 27.9 Å². The summed E-state index contributed by atoms with van der Waals surface area (Å²) in [6.07, 6.45) is -4.85. The van der Waals surface area contributed by atoms with Crippen molar-refractivity contribution in [2.75, 3.05) is 7.11 Å². The van der Waals surface area contributed by atoms with Crippen LogP contribution in [0.2, 0.25) is 5.02 Å². The molecule has 2 unspecified atom stereocenters. The molecule has 8 nitrogen and oxygen atoms in total. The van der Waals surface area contributed by atoms with E-state index in [1.54, 1.807) is 0 Å². The first kappa shape index (κ1) is 25.4. The molecular weight excluding hydrogens is 482 g/mol. The number of nitrogens with zero attached hydrogens (tertiary/aromatic N) is 1. The van der Waals surface area contributed by atoms with E-state index < -0.39 is 41.6 Å². The molecule has 1 aliphatic rings. The Labute approximate surface area is 196 Å². The third-order valence-corrected chi connectivity index (χ3v) is 5.18. The van der Waals surface area contributed by atoms with Gasteiger partial charge in [-0.3, -0.25) is 14.9 Å². The molecule has 0 aliphatic carbocycles. The van der Waals surface area contributed by atoms with Gasteiger partial charge in [0.1, 0.15) is 11.9 Å². The van der Waals surface area contributed by atoms with Gasteiger partial charge in [-0.2, -0.15) is 13.2 Å². The van der Waals surface area contributed by atoms with Crippen molar-refractivity contribution in [3.8, 4) is 0 Å². The molecule has 34 heavy (non-hydrogen) atoms. The highest BCUT2D eigenvalue weighted by molar-refractivity contribution is 6.31. The Morgan fingerprint density at radius 1 is 1.18 bits per heavy atom. The maximum Gasteiger partial charge on any atom is 0.416 e. The molecule has 2 aromatic rings. The number of halogens is 5. The number of amides is 1. The number of aliphatic imine (C=N–C) groups is 1.